The summed E-state index contributed by atoms with van der Waals surface area (Å²) in [4.78, 5) is 18.6. The minimum absolute atomic E-state index is 0. The molecule has 2 heterocycles. The first kappa shape index (κ1) is 21.6. The molecule has 3 N–H and O–H groups in total. The molecule has 0 aromatic carbocycles. The lowest BCUT2D eigenvalue weighted by molar-refractivity contribution is 0.0204. The molecule has 2 rings (SSSR count). The summed E-state index contributed by atoms with van der Waals surface area (Å²) in [7, 11) is 0. The Morgan fingerprint density at radius 3 is 2.82 bits per heavy atom. The van der Waals surface area contributed by atoms with Crippen LogP contribution < -0.4 is 11.1 Å². The molecule has 9 heteroatoms. The van der Waals surface area contributed by atoms with E-state index in [1.807, 2.05) is 0 Å². The number of morpholine rings is 1. The molecule has 22 heavy (non-hydrogen) atoms. The second-order valence-electron chi connectivity index (χ2n) is 4.87. The van der Waals surface area contributed by atoms with E-state index >= 15 is 0 Å². The van der Waals surface area contributed by atoms with Crippen LogP contribution in [0.25, 0.3) is 0 Å². The van der Waals surface area contributed by atoms with Crippen LogP contribution in [0.5, 0.6) is 0 Å². The van der Waals surface area contributed by atoms with E-state index in [9.17, 15) is 4.79 Å². The first-order valence-electron chi connectivity index (χ1n) is 6.95. The molecule has 1 atom stereocenters. The highest BCUT2D eigenvalue weighted by atomic mass is 35.5. The van der Waals surface area contributed by atoms with Gasteiger partial charge in [0.2, 0.25) is 0 Å². The standard InChI is InChI=1S/C13H22N4O2S.2ClH/c1-10(17-4-6-19-7-5-17)8-15-13(18)11-9-20-12(16-11)2-3-14;;/h9-10H,2-8,14H2,1H3,(H,15,18);2*1H. The number of nitrogens with zero attached hydrogens (tertiary/aromatic N) is 2. The molecule has 0 radical (unpaired) electrons. The second-order valence-corrected chi connectivity index (χ2v) is 5.82. The van der Waals surface area contributed by atoms with Gasteiger partial charge >= 0.3 is 0 Å². The number of rotatable bonds is 6. The Hall–Kier alpha value is -0.440. The van der Waals surface area contributed by atoms with Crippen molar-refractivity contribution in [3.8, 4) is 0 Å². The topological polar surface area (TPSA) is 80.5 Å². The van der Waals surface area contributed by atoms with Crippen molar-refractivity contribution in [1.82, 2.24) is 15.2 Å². The van der Waals surface area contributed by atoms with E-state index in [4.69, 9.17) is 10.5 Å². The minimum Gasteiger partial charge on any atom is -0.379 e. The van der Waals surface area contributed by atoms with Crippen LogP contribution in [-0.2, 0) is 11.2 Å². The first-order valence-corrected chi connectivity index (χ1v) is 7.83. The number of hydrogen-bond acceptors (Lipinski definition) is 6. The lowest BCUT2D eigenvalue weighted by Crippen LogP contribution is -2.47. The fraction of sp³-hybridized carbons (Fsp3) is 0.692. The third-order valence-electron chi connectivity index (χ3n) is 3.37. The number of halogens is 2. The Balaban J connectivity index is 0.00000220. The predicted molar refractivity (Wildman–Crippen MR) is 93.6 cm³/mol. The highest BCUT2D eigenvalue weighted by Crippen LogP contribution is 2.10. The second kappa shape index (κ2) is 11.2. The molecule has 0 saturated carbocycles. The number of thiazole rings is 1. The average Bonchev–Trinajstić information content (AvgIpc) is 2.94. The van der Waals surface area contributed by atoms with Crippen molar-refractivity contribution in [1.29, 1.82) is 0 Å². The molecule has 1 saturated heterocycles. The number of nitrogens with two attached hydrogens (primary N) is 1. The van der Waals surface area contributed by atoms with Gasteiger partial charge in [-0.1, -0.05) is 0 Å². The van der Waals surface area contributed by atoms with E-state index in [1.165, 1.54) is 11.3 Å². The Labute approximate surface area is 147 Å². The Bertz CT molecular complexity index is 441. The van der Waals surface area contributed by atoms with Crippen LogP contribution in [0.1, 0.15) is 22.4 Å². The van der Waals surface area contributed by atoms with Gasteiger partial charge < -0.3 is 15.8 Å². The number of hydrogen-bond donors (Lipinski definition) is 2. The van der Waals surface area contributed by atoms with E-state index < -0.39 is 0 Å². The summed E-state index contributed by atoms with van der Waals surface area (Å²) in [5.74, 6) is -0.107. The molecule has 0 spiro atoms. The highest BCUT2D eigenvalue weighted by molar-refractivity contribution is 7.09. The maximum Gasteiger partial charge on any atom is 0.270 e. The van der Waals surface area contributed by atoms with Crippen LogP contribution in [0.2, 0.25) is 0 Å². The molecule has 128 valence electrons. The Kier molecular flexibility index (Phi) is 10.9. The number of nitrogens with one attached hydrogen (secondary N) is 1. The molecule has 1 aromatic rings. The van der Waals surface area contributed by atoms with Gasteiger partial charge in [-0.2, -0.15) is 0 Å². The Morgan fingerprint density at radius 2 is 2.18 bits per heavy atom. The van der Waals surface area contributed by atoms with Crippen molar-refractivity contribution in [2.45, 2.75) is 19.4 Å². The fourth-order valence-corrected chi connectivity index (χ4v) is 2.93. The molecule has 1 aliphatic heterocycles. The molecule has 1 aliphatic rings. The zero-order chi connectivity index (χ0) is 14.4. The van der Waals surface area contributed by atoms with Crippen LogP contribution in [0, 0.1) is 0 Å². The molecule has 1 aromatic heterocycles. The van der Waals surface area contributed by atoms with Crippen molar-refractivity contribution in [2.24, 2.45) is 5.73 Å². The largest absolute Gasteiger partial charge is 0.379 e. The van der Waals surface area contributed by atoms with E-state index in [0.717, 1.165) is 37.7 Å². The molecule has 6 nitrogen and oxygen atoms in total. The molecule has 1 fully saturated rings. The van der Waals surface area contributed by atoms with Crippen molar-refractivity contribution in [3.05, 3.63) is 16.1 Å². The zero-order valence-corrected chi connectivity index (χ0v) is 15.1. The summed E-state index contributed by atoms with van der Waals surface area (Å²) in [6.07, 6.45) is 0.724. The molecule has 0 aliphatic carbocycles. The Morgan fingerprint density at radius 1 is 1.50 bits per heavy atom. The molecule has 1 amide bonds. The molecular formula is C13H24Cl2N4O2S. The van der Waals surface area contributed by atoms with Gasteiger partial charge in [0, 0.05) is 37.5 Å². The van der Waals surface area contributed by atoms with E-state index in [0.29, 0.717) is 24.8 Å². The van der Waals surface area contributed by atoms with E-state index in [-0.39, 0.29) is 30.7 Å². The smallest absolute Gasteiger partial charge is 0.270 e. The van der Waals surface area contributed by atoms with Gasteiger partial charge in [-0.25, -0.2) is 4.98 Å². The number of aromatic nitrogens is 1. The number of carbonyl (C=O) groups excluding carboxylic acids is 1. The monoisotopic (exact) mass is 370 g/mol. The van der Waals surface area contributed by atoms with Crippen LogP contribution >= 0.6 is 36.2 Å². The van der Waals surface area contributed by atoms with Gasteiger partial charge in [0.15, 0.2) is 0 Å². The fourth-order valence-electron chi connectivity index (χ4n) is 2.13. The third-order valence-corrected chi connectivity index (χ3v) is 4.28. The lowest BCUT2D eigenvalue weighted by Gasteiger charge is -2.32. The SMILES string of the molecule is CC(CNC(=O)c1csc(CCN)n1)N1CCOCC1.Cl.Cl. The summed E-state index contributed by atoms with van der Waals surface area (Å²) >= 11 is 1.49. The van der Waals surface area contributed by atoms with Gasteiger partial charge in [-0.05, 0) is 13.5 Å². The maximum absolute atomic E-state index is 12.0. The van der Waals surface area contributed by atoms with E-state index in [2.05, 4.69) is 22.1 Å². The van der Waals surface area contributed by atoms with Crippen molar-refractivity contribution in [3.63, 3.8) is 0 Å². The quantitative estimate of drug-likeness (QED) is 0.778. The van der Waals surface area contributed by atoms with Crippen molar-refractivity contribution in [2.75, 3.05) is 39.4 Å². The third kappa shape index (κ3) is 6.36. The number of ether oxygens (including phenoxy) is 1. The van der Waals surface area contributed by atoms with Crippen LogP contribution in [0.15, 0.2) is 5.38 Å². The molecule has 0 bridgehead atoms. The highest BCUT2D eigenvalue weighted by Gasteiger charge is 2.18. The van der Waals surface area contributed by atoms with Gasteiger partial charge in [0.25, 0.3) is 5.91 Å². The van der Waals surface area contributed by atoms with Gasteiger partial charge in [0.05, 0.1) is 18.2 Å². The van der Waals surface area contributed by atoms with Gasteiger partial charge in [0.1, 0.15) is 5.69 Å². The first-order chi connectivity index (χ1) is 9.70. The van der Waals surface area contributed by atoms with Crippen molar-refractivity contribution < 1.29 is 9.53 Å². The summed E-state index contributed by atoms with van der Waals surface area (Å²) in [6, 6.07) is 0.310. The summed E-state index contributed by atoms with van der Waals surface area (Å²) in [5, 5.41) is 5.65. The lowest BCUT2D eigenvalue weighted by atomic mass is 10.2. The zero-order valence-electron chi connectivity index (χ0n) is 12.6. The van der Waals surface area contributed by atoms with Gasteiger partial charge in [-0.15, -0.1) is 36.2 Å². The summed E-state index contributed by atoms with van der Waals surface area (Å²) in [5.41, 5.74) is 5.97. The maximum atomic E-state index is 12.0. The normalized spacial score (nSPS) is 16.3. The number of amides is 1. The summed E-state index contributed by atoms with van der Waals surface area (Å²) < 4.78 is 5.32. The van der Waals surface area contributed by atoms with Crippen LogP contribution in [-0.4, -0.2) is 61.2 Å². The molecule has 1 unspecified atom stereocenters. The van der Waals surface area contributed by atoms with E-state index in [1.54, 1.807) is 5.38 Å². The van der Waals surface area contributed by atoms with Crippen LogP contribution in [0.4, 0.5) is 0 Å². The average molecular weight is 371 g/mol. The van der Waals surface area contributed by atoms with Gasteiger partial charge in [-0.3, -0.25) is 9.69 Å². The van der Waals surface area contributed by atoms with Crippen LogP contribution in [0.3, 0.4) is 0 Å². The molecular weight excluding hydrogens is 347 g/mol. The van der Waals surface area contributed by atoms with Crippen molar-refractivity contribution >= 4 is 42.1 Å². The summed E-state index contributed by atoms with van der Waals surface area (Å²) in [6.45, 7) is 6.69. The predicted octanol–water partition coefficient (Wildman–Crippen LogP) is 0.938. The number of carbonyl (C=O) groups is 1. The minimum atomic E-state index is -0.107.